The van der Waals surface area contributed by atoms with Gasteiger partial charge in [0, 0.05) is 19.7 Å². The zero-order valence-electron chi connectivity index (χ0n) is 13.1. The fourth-order valence-electron chi connectivity index (χ4n) is 2.21. The van der Waals surface area contributed by atoms with Crippen LogP contribution >= 0.6 is 38.5 Å². The number of benzene rings is 2. The molecule has 0 fully saturated rings. The van der Waals surface area contributed by atoms with Crippen molar-refractivity contribution in [3.63, 3.8) is 0 Å². The Morgan fingerprint density at radius 3 is 2.73 bits per heavy atom. The molecule has 2 aromatic rings. The van der Waals surface area contributed by atoms with Gasteiger partial charge in [-0.15, -0.1) is 0 Å². The number of aliphatic imine (C=N–C) groups is 1. The lowest BCUT2D eigenvalue weighted by Crippen LogP contribution is -2.05. The van der Waals surface area contributed by atoms with Crippen LogP contribution in [0.3, 0.4) is 0 Å². The Kier molecular flexibility index (Phi) is 5.62. The summed E-state index contributed by atoms with van der Waals surface area (Å²) in [6.07, 6.45) is 4.55. The number of para-hydroxylation sites is 1. The Labute approximate surface area is 170 Å². The quantitative estimate of drug-likeness (QED) is 0.188. The third kappa shape index (κ3) is 4.07. The van der Waals surface area contributed by atoms with Crippen LogP contribution in [0.2, 0.25) is 0 Å². The summed E-state index contributed by atoms with van der Waals surface area (Å²) < 4.78 is 7.10. The first-order valence-electron chi connectivity index (χ1n) is 7.34. The van der Waals surface area contributed by atoms with E-state index in [0.29, 0.717) is 11.1 Å². The monoisotopic (exact) mass is 524 g/mol. The predicted octanol–water partition coefficient (Wildman–Crippen LogP) is 4.86. The van der Waals surface area contributed by atoms with E-state index in [1.165, 1.54) is 18.2 Å². The Balaban J connectivity index is 1.85. The van der Waals surface area contributed by atoms with Gasteiger partial charge in [0.25, 0.3) is 5.69 Å². The first-order chi connectivity index (χ1) is 12.5. The number of hydrogen-bond acceptors (Lipinski definition) is 5. The van der Waals surface area contributed by atoms with Crippen molar-refractivity contribution in [1.29, 1.82) is 0 Å². The van der Waals surface area contributed by atoms with Gasteiger partial charge in [-0.1, -0.05) is 18.2 Å². The van der Waals surface area contributed by atoms with Crippen molar-refractivity contribution < 1.29 is 14.5 Å². The molecule has 1 heterocycles. The summed E-state index contributed by atoms with van der Waals surface area (Å²) in [6.45, 7) is 0. The number of nitro groups is 1. The minimum Gasteiger partial charge on any atom is -0.402 e. The number of halogens is 2. The number of carbonyl (C=O) groups excluding carboxylic acids is 1. The van der Waals surface area contributed by atoms with Crippen molar-refractivity contribution in [3.8, 4) is 0 Å². The summed E-state index contributed by atoms with van der Waals surface area (Å²) in [5, 5.41) is 11.0. The fraction of sp³-hybridized carbons (Fsp3) is 0. The zero-order chi connectivity index (χ0) is 18.7. The molecule has 0 spiro atoms. The van der Waals surface area contributed by atoms with Crippen molar-refractivity contribution in [2.24, 2.45) is 4.99 Å². The molecule has 0 bridgehead atoms. The molecule has 1 aliphatic heterocycles. The lowest BCUT2D eigenvalue weighted by Gasteiger charge is -2.01. The summed E-state index contributed by atoms with van der Waals surface area (Å²) in [7, 11) is 0. The third-order valence-electron chi connectivity index (χ3n) is 3.45. The maximum Gasteiger partial charge on any atom is 0.363 e. The number of rotatable bonds is 4. The number of hydrogen-bond donors (Lipinski definition) is 0. The Morgan fingerprint density at radius 1 is 1.23 bits per heavy atom. The first kappa shape index (κ1) is 18.5. The molecule has 130 valence electrons. The van der Waals surface area contributed by atoms with E-state index < -0.39 is 10.9 Å². The Hall–Kier alpha value is -2.33. The van der Waals surface area contributed by atoms with E-state index >= 15 is 0 Å². The fourth-order valence-corrected chi connectivity index (χ4v) is 2.93. The zero-order valence-corrected chi connectivity index (χ0v) is 16.8. The molecule has 0 aliphatic carbocycles. The van der Waals surface area contributed by atoms with Gasteiger partial charge in [-0.25, -0.2) is 9.79 Å². The van der Waals surface area contributed by atoms with Crippen LogP contribution in [0.5, 0.6) is 0 Å². The van der Waals surface area contributed by atoms with E-state index in [4.69, 9.17) is 4.74 Å². The van der Waals surface area contributed by atoms with Crippen molar-refractivity contribution in [3.05, 3.63) is 89.6 Å². The van der Waals surface area contributed by atoms with Crippen molar-refractivity contribution >= 4 is 62.2 Å². The molecule has 0 unspecified atom stereocenters. The number of ether oxygens (including phenoxy) is 1. The van der Waals surface area contributed by atoms with Crippen LogP contribution in [-0.2, 0) is 9.53 Å². The van der Waals surface area contributed by atoms with E-state index in [9.17, 15) is 14.9 Å². The third-order valence-corrected chi connectivity index (χ3v) is 5.79. The van der Waals surface area contributed by atoms with Crippen LogP contribution < -0.4 is 0 Å². The first-order valence-corrected chi connectivity index (χ1v) is 9.21. The highest BCUT2D eigenvalue weighted by Gasteiger charge is 2.24. The minimum atomic E-state index is -0.568. The maximum atomic E-state index is 12.0. The van der Waals surface area contributed by atoms with Gasteiger partial charge in [0.2, 0.25) is 5.90 Å². The highest BCUT2D eigenvalue weighted by molar-refractivity contribution is 14.1. The molecule has 0 atom stereocenters. The molecule has 0 N–H and O–H groups in total. The second-order valence-electron chi connectivity index (χ2n) is 5.16. The van der Waals surface area contributed by atoms with Crippen LogP contribution in [0.25, 0.3) is 6.08 Å². The van der Waals surface area contributed by atoms with E-state index in [2.05, 4.69) is 43.5 Å². The van der Waals surface area contributed by atoms with Gasteiger partial charge >= 0.3 is 5.97 Å². The van der Waals surface area contributed by atoms with Crippen molar-refractivity contribution in [1.82, 2.24) is 0 Å². The topological polar surface area (TPSA) is 81.8 Å². The summed E-state index contributed by atoms with van der Waals surface area (Å²) in [5.74, 6) is -0.348. The molecule has 6 nitrogen and oxygen atoms in total. The normalized spacial score (nSPS) is 15.4. The molecule has 1 aliphatic rings. The summed E-state index contributed by atoms with van der Waals surface area (Å²) in [5.41, 5.74) is 1.23. The number of nitrogens with zero attached hydrogens (tertiary/aromatic N) is 2. The van der Waals surface area contributed by atoms with Crippen molar-refractivity contribution in [2.45, 2.75) is 0 Å². The average Bonchev–Trinajstić information content (AvgIpc) is 2.98. The van der Waals surface area contributed by atoms with Crippen LogP contribution in [0.4, 0.5) is 5.69 Å². The van der Waals surface area contributed by atoms with Crippen LogP contribution in [-0.4, -0.2) is 16.8 Å². The molecule has 0 radical (unpaired) electrons. The highest BCUT2D eigenvalue weighted by Crippen LogP contribution is 2.24. The molecule has 26 heavy (non-hydrogen) atoms. The van der Waals surface area contributed by atoms with E-state index in [0.717, 1.165) is 8.04 Å². The van der Waals surface area contributed by atoms with Gasteiger partial charge < -0.3 is 4.74 Å². The standard InChI is InChI=1S/C18H10BrIN2O4/c19-13-10-12(8-9-14(13)20)17-21-15(18(23)26-17)6-3-5-11-4-1-2-7-16(11)22(24)25/h1-10H/b5-3+,15-6-. The summed E-state index contributed by atoms with van der Waals surface area (Å²) in [6, 6.07) is 11.9. The smallest absolute Gasteiger partial charge is 0.363 e. The lowest BCUT2D eigenvalue weighted by atomic mass is 10.1. The second kappa shape index (κ2) is 7.92. The van der Waals surface area contributed by atoms with Gasteiger partial charge in [-0.3, -0.25) is 10.1 Å². The SMILES string of the molecule is O=C1OC(c2ccc(I)c(Br)c2)=N/C1=C\C=C\c1ccccc1[N+](=O)[O-]. The maximum absolute atomic E-state index is 12.0. The molecular weight excluding hydrogens is 515 g/mol. The number of nitro benzene ring substituents is 1. The molecule has 0 saturated carbocycles. The lowest BCUT2D eigenvalue weighted by molar-refractivity contribution is -0.385. The van der Waals surface area contributed by atoms with Crippen LogP contribution in [0.1, 0.15) is 11.1 Å². The van der Waals surface area contributed by atoms with Gasteiger partial charge in [0.15, 0.2) is 5.70 Å². The van der Waals surface area contributed by atoms with Crippen LogP contribution in [0.15, 0.2) is 69.8 Å². The van der Waals surface area contributed by atoms with Crippen LogP contribution in [0, 0.1) is 13.7 Å². The Bertz CT molecular complexity index is 998. The van der Waals surface area contributed by atoms with E-state index in [-0.39, 0.29) is 17.3 Å². The van der Waals surface area contributed by atoms with Gasteiger partial charge in [0.05, 0.1) is 10.5 Å². The molecular formula is C18H10BrIN2O4. The molecule has 0 saturated heterocycles. The van der Waals surface area contributed by atoms with Gasteiger partial charge in [-0.05, 0) is 74.9 Å². The predicted molar refractivity (Wildman–Crippen MR) is 110 cm³/mol. The van der Waals surface area contributed by atoms with E-state index in [1.54, 1.807) is 24.3 Å². The minimum absolute atomic E-state index is 0.0101. The highest BCUT2D eigenvalue weighted by atomic mass is 127. The second-order valence-corrected chi connectivity index (χ2v) is 7.18. The molecule has 0 aromatic heterocycles. The number of allylic oxidation sites excluding steroid dienone is 2. The van der Waals surface area contributed by atoms with Gasteiger partial charge in [0.1, 0.15) is 0 Å². The molecule has 8 heteroatoms. The average molecular weight is 525 g/mol. The van der Waals surface area contributed by atoms with Gasteiger partial charge in [-0.2, -0.15) is 0 Å². The summed E-state index contributed by atoms with van der Waals surface area (Å²) >= 11 is 5.61. The molecule has 0 amide bonds. The summed E-state index contributed by atoms with van der Waals surface area (Å²) in [4.78, 5) is 26.7. The molecule has 3 rings (SSSR count). The largest absolute Gasteiger partial charge is 0.402 e. The van der Waals surface area contributed by atoms with E-state index in [1.807, 2.05) is 18.2 Å². The molecule has 2 aromatic carbocycles. The number of carbonyl (C=O) groups is 1. The Morgan fingerprint density at radius 2 is 2.00 bits per heavy atom. The number of cyclic esters (lactones) is 1. The number of esters is 1. The van der Waals surface area contributed by atoms with Crippen molar-refractivity contribution in [2.75, 3.05) is 0 Å².